The Bertz CT molecular complexity index is 693. The molecule has 1 heterocycles. The second-order valence-corrected chi connectivity index (χ2v) is 6.75. The van der Waals surface area contributed by atoms with Crippen LogP contribution in [-0.2, 0) is 16.6 Å². The molecule has 21 heavy (non-hydrogen) atoms. The SMILES string of the molecule is Cc1[nH]nc(CNC(C)C)c1S(=O)(=O)Nc1ccccc1. The summed E-state index contributed by atoms with van der Waals surface area (Å²) in [6.45, 7) is 6.09. The summed E-state index contributed by atoms with van der Waals surface area (Å²) in [6.07, 6.45) is 0. The summed E-state index contributed by atoms with van der Waals surface area (Å²) in [6, 6.07) is 9.05. The first-order valence-corrected chi connectivity index (χ1v) is 8.23. The van der Waals surface area contributed by atoms with E-state index in [-0.39, 0.29) is 10.9 Å². The molecular weight excluding hydrogens is 288 g/mol. The highest BCUT2D eigenvalue weighted by Gasteiger charge is 2.24. The van der Waals surface area contributed by atoms with Crippen LogP contribution in [0.1, 0.15) is 25.2 Å². The molecule has 2 aromatic rings. The molecule has 0 aliphatic carbocycles. The highest BCUT2D eigenvalue weighted by molar-refractivity contribution is 7.92. The maximum atomic E-state index is 12.6. The quantitative estimate of drug-likeness (QED) is 0.762. The lowest BCUT2D eigenvalue weighted by atomic mass is 10.3. The number of rotatable bonds is 6. The van der Waals surface area contributed by atoms with Crippen molar-refractivity contribution < 1.29 is 8.42 Å². The van der Waals surface area contributed by atoms with Crippen LogP contribution in [0.2, 0.25) is 0 Å². The van der Waals surface area contributed by atoms with Gasteiger partial charge >= 0.3 is 0 Å². The van der Waals surface area contributed by atoms with Crippen molar-refractivity contribution in [1.82, 2.24) is 15.5 Å². The molecule has 0 radical (unpaired) electrons. The van der Waals surface area contributed by atoms with Crippen LogP contribution in [0, 0.1) is 6.92 Å². The molecule has 1 aromatic carbocycles. The van der Waals surface area contributed by atoms with Gasteiger partial charge in [0.25, 0.3) is 10.0 Å². The lowest BCUT2D eigenvalue weighted by Gasteiger charge is -2.10. The topological polar surface area (TPSA) is 86.9 Å². The van der Waals surface area contributed by atoms with E-state index in [1.54, 1.807) is 31.2 Å². The first-order valence-electron chi connectivity index (χ1n) is 6.75. The summed E-state index contributed by atoms with van der Waals surface area (Å²) < 4.78 is 27.7. The number of nitrogens with zero attached hydrogens (tertiary/aromatic N) is 1. The Hall–Kier alpha value is -1.86. The Morgan fingerprint density at radius 2 is 1.90 bits per heavy atom. The molecule has 114 valence electrons. The summed E-state index contributed by atoms with van der Waals surface area (Å²) in [7, 11) is -3.66. The predicted molar refractivity (Wildman–Crippen MR) is 82.6 cm³/mol. The average Bonchev–Trinajstić information content (AvgIpc) is 2.79. The van der Waals surface area contributed by atoms with E-state index in [4.69, 9.17) is 0 Å². The van der Waals surface area contributed by atoms with Gasteiger partial charge in [0, 0.05) is 18.3 Å². The molecular formula is C14H20N4O2S. The number of aryl methyl sites for hydroxylation is 1. The molecule has 0 bridgehead atoms. The highest BCUT2D eigenvalue weighted by Crippen LogP contribution is 2.21. The van der Waals surface area contributed by atoms with Gasteiger partial charge in [0.05, 0.1) is 11.4 Å². The zero-order valence-corrected chi connectivity index (χ0v) is 13.2. The molecule has 7 heteroatoms. The molecule has 0 spiro atoms. The van der Waals surface area contributed by atoms with Gasteiger partial charge in [-0.15, -0.1) is 0 Å². The molecule has 0 aliphatic heterocycles. The Morgan fingerprint density at radius 3 is 2.52 bits per heavy atom. The first kappa shape index (κ1) is 15.5. The summed E-state index contributed by atoms with van der Waals surface area (Å²) >= 11 is 0. The van der Waals surface area contributed by atoms with E-state index < -0.39 is 10.0 Å². The number of aromatic nitrogens is 2. The smallest absolute Gasteiger partial charge is 0.265 e. The molecule has 3 N–H and O–H groups in total. The van der Waals surface area contributed by atoms with Crippen molar-refractivity contribution in [2.24, 2.45) is 0 Å². The van der Waals surface area contributed by atoms with E-state index in [0.29, 0.717) is 23.6 Å². The largest absolute Gasteiger partial charge is 0.309 e. The van der Waals surface area contributed by atoms with Gasteiger partial charge in [-0.3, -0.25) is 9.82 Å². The van der Waals surface area contributed by atoms with Crippen LogP contribution < -0.4 is 10.0 Å². The number of sulfonamides is 1. The summed E-state index contributed by atoms with van der Waals surface area (Å²) in [5.41, 5.74) is 1.55. The lowest BCUT2D eigenvalue weighted by Crippen LogP contribution is -2.24. The van der Waals surface area contributed by atoms with Gasteiger partial charge in [0.15, 0.2) is 0 Å². The predicted octanol–water partition coefficient (Wildman–Crippen LogP) is 2.02. The summed E-state index contributed by atoms with van der Waals surface area (Å²) in [4.78, 5) is 0.208. The molecule has 6 nitrogen and oxygen atoms in total. The fourth-order valence-electron chi connectivity index (χ4n) is 1.96. The highest BCUT2D eigenvalue weighted by atomic mass is 32.2. The van der Waals surface area contributed by atoms with Crippen molar-refractivity contribution in [2.45, 2.75) is 38.3 Å². The Kier molecular flexibility index (Phi) is 4.64. The Morgan fingerprint density at radius 1 is 1.24 bits per heavy atom. The van der Waals surface area contributed by atoms with Crippen molar-refractivity contribution in [3.05, 3.63) is 41.7 Å². The minimum Gasteiger partial charge on any atom is -0.309 e. The average molecular weight is 308 g/mol. The van der Waals surface area contributed by atoms with Gasteiger partial charge in [0.1, 0.15) is 4.90 Å². The number of nitrogens with one attached hydrogen (secondary N) is 3. The molecule has 0 saturated carbocycles. The van der Waals surface area contributed by atoms with Crippen LogP contribution in [0.15, 0.2) is 35.2 Å². The van der Waals surface area contributed by atoms with E-state index in [1.807, 2.05) is 19.9 Å². The van der Waals surface area contributed by atoms with E-state index in [0.717, 1.165) is 0 Å². The minimum atomic E-state index is -3.66. The van der Waals surface area contributed by atoms with Crippen molar-refractivity contribution in [1.29, 1.82) is 0 Å². The van der Waals surface area contributed by atoms with Gasteiger partial charge in [-0.25, -0.2) is 8.42 Å². The molecule has 0 atom stereocenters. The summed E-state index contributed by atoms with van der Waals surface area (Å²) in [5, 5.41) is 10.0. The van der Waals surface area contributed by atoms with E-state index in [2.05, 4.69) is 20.2 Å². The van der Waals surface area contributed by atoms with Crippen LogP contribution >= 0.6 is 0 Å². The van der Waals surface area contributed by atoms with Crippen LogP contribution in [0.4, 0.5) is 5.69 Å². The van der Waals surface area contributed by atoms with Gasteiger partial charge in [-0.1, -0.05) is 32.0 Å². The second-order valence-electron chi connectivity index (χ2n) is 5.13. The number of benzene rings is 1. The number of para-hydroxylation sites is 1. The third-order valence-electron chi connectivity index (χ3n) is 2.93. The van der Waals surface area contributed by atoms with E-state index >= 15 is 0 Å². The number of hydrogen-bond acceptors (Lipinski definition) is 4. The third kappa shape index (κ3) is 3.83. The fourth-order valence-corrected chi connectivity index (χ4v) is 3.38. The van der Waals surface area contributed by atoms with Crippen LogP contribution in [0.3, 0.4) is 0 Å². The first-order chi connectivity index (χ1) is 9.90. The number of aromatic amines is 1. The second kappa shape index (κ2) is 6.28. The standard InChI is InChI=1S/C14H20N4O2S/c1-10(2)15-9-13-14(11(3)16-17-13)21(19,20)18-12-7-5-4-6-8-12/h4-8,10,15,18H,9H2,1-3H3,(H,16,17). The van der Waals surface area contributed by atoms with E-state index in [1.165, 1.54) is 0 Å². The van der Waals surface area contributed by atoms with Crippen molar-refractivity contribution in [3.63, 3.8) is 0 Å². The zero-order valence-electron chi connectivity index (χ0n) is 12.3. The van der Waals surface area contributed by atoms with Gasteiger partial charge in [0.2, 0.25) is 0 Å². The maximum absolute atomic E-state index is 12.6. The Labute approximate surface area is 125 Å². The molecule has 1 aromatic heterocycles. The molecule has 0 fully saturated rings. The van der Waals surface area contributed by atoms with Crippen LogP contribution in [0.5, 0.6) is 0 Å². The van der Waals surface area contributed by atoms with E-state index in [9.17, 15) is 8.42 Å². The third-order valence-corrected chi connectivity index (χ3v) is 4.52. The molecule has 0 saturated heterocycles. The molecule has 0 aliphatic rings. The number of H-pyrrole nitrogens is 1. The molecule has 0 unspecified atom stereocenters. The number of anilines is 1. The molecule has 0 amide bonds. The maximum Gasteiger partial charge on any atom is 0.265 e. The zero-order chi connectivity index (χ0) is 15.5. The van der Waals surface area contributed by atoms with Crippen LogP contribution in [0.25, 0.3) is 0 Å². The normalized spacial score (nSPS) is 11.8. The van der Waals surface area contributed by atoms with Gasteiger partial charge < -0.3 is 5.32 Å². The monoisotopic (exact) mass is 308 g/mol. The van der Waals surface area contributed by atoms with Crippen molar-refractivity contribution >= 4 is 15.7 Å². The van der Waals surface area contributed by atoms with Crippen molar-refractivity contribution in [2.75, 3.05) is 4.72 Å². The lowest BCUT2D eigenvalue weighted by molar-refractivity contribution is 0.570. The Balaban J connectivity index is 2.29. The number of hydrogen-bond donors (Lipinski definition) is 3. The fraction of sp³-hybridized carbons (Fsp3) is 0.357. The minimum absolute atomic E-state index is 0.208. The van der Waals surface area contributed by atoms with Crippen LogP contribution in [-0.4, -0.2) is 24.7 Å². The van der Waals surface area contributed by atoms with Crippen molar-refractivity contribution in [3.8, 4) is 0 Å². The van der Waals surface area contributed by atoms with Gasteiger partial charge in [-0.2, -0.15) is 5.10 Å². The summed E-state index contributed by atoms with van der Waals surface area (Å²) in [5.74, 6) is 0. The molecule has 2 rings (SSSR count). The van der Waals surface area contributed by atoms with Gasteiger partial charge in [-0.05, 0) is 19.1 Å².